The normalized spacial score (nSPS) is 40.8. The number of nitrogens with one attached hydrogen (secondary N) is 2. The lowest BCUT2D eigenvalue weighted by molar-refractivity contribution is 0.200. The third-order valence-electron chi connectivity index (χ3n) is 2.86. The Balaban J connectivity index is 1.93. The molecule has 0 unspecified atom stereocenters. The van der Waals surface area contributed by atoms with E-state index in [1.807, 2.05) is 0 Å². The zero-order chi connectivity index (χ0) is 6.81. The van der Waals surface area contributed by atoms with E-state index in [1.165, 1.54) is 39.0 Å². The largest absolute Gasteiger partial charge is 0.316 e. The smallest absolute Gasteiger partial charge is 0.00169 e. The fourth-order valence-electron chi connectivity index (χ4n) is 2.16. The van der Waals surface area contributed by atoms with Gasteiger partial charge in [-0.1, -0.05) is 0 Å². The molecule has 0 bridgehead atoms. The van der Waals surface area contributed by atoms with Crippen molar-refractivity contribution >= 4 is 0 Å². The monoisotopic (exact) mass is 140 g/mol. The van der Waals surface area contributed by atoms with Crippen LogP contribution in [0.15, 0.2) is 0 Å². The van der Waals surface area contributed by atoms with Gasteiger partial charge in [0.25, 0.3) is 0 Å². The van der Waals surface area contributed by atoms with Crippen LogP contribution >= 0.6 is 0 Å². The summed E-state index contributed by atoms with van der Waals surface area (Å²) < 4.78 is 0. The molecule has 2 heterocycles. The first-order valence-corrected chi connectivity index (χ1v) is 4.38. The van der Waals surface area contributed by atoms with Gasteiger partial charge in [-0.05, 0) is 50.9 Å². The fourth-order valence-corrected chi connectivity index (χ4v) is 2.16. The maximum absolute atomic E-state index is 3.46. The van der Waals surface area contributed by atoms with E-state index < -0.39 is 0 Å². The van der Waals surface area contributed by atoms with Crippen LogP contribution in [0.25, 0.3) is 0 Å². The predicted molar refractivity (Wildman–Crippen MR) is 42.0 cm³/mol. The summed E-state index contributed by atoms with van der Waals surface area (Å²) in [5.41, 5.74) is 0. The van der Waals surface area contributed by atoms with E-state index in [0.717, 1.165) is 11.8 Å². The van der Waals surface area contributed by atoms with Gasteiger partial charge in [-0.25, -0.2) is 0 Å². The van der Waals surface area contributed by atoms with Gasteiger partial charge in [-0.2, -0.15) is 0 Å². The van der Waals surface area contributed by atoms with Gasteiger partial charge >= 0.3 is 0 Å². The van der Waals surface area contributed by atoms with Crippen LogP contribution < -0.4 is 10.6 Å². The summed E-state index contributed by atoms with van der Waals surface area (Å²) >= 11 is 0. The summed E-state index contributed by atoms with van der Waals surface area (Å²) in [5.74, 6) is 1.96. The number of fused-ring (bicyclic) bond motifs is 1. The minimum absolute atomic E-state index is 0.981. The average Bonchev–Trinajstić information content (AvgIpc) is 2.05. The van der Waals surface area contributed by atoms with E-state index in [4.69, 9.17) is 0 Å². The van der Waals surface area contributed by atoms with Crippen molar-refractivity contribution in [3.05, 3.63) is 0 Å². The lowest BCUT2D eigenvalue weighted by Crippen LogP contribution is -2.46. The molecule has 2 aliphatic heterocycles. The molecule has 0 spiro atoms. The lowest BCUT2D eigenvalue weighted by atomic mass is 9.82. The fraction of sp³-hybridized carbons (Fsp3) is 1.00. The second-order valence-corrected chi connectivity index (χ2v) is 3.51. The highest BCUT2D eigenvalue weighted by Gasteiger charge is 2.26. The number of rotatable bonds is 0. The van der Waals surface area contributed by atoms with Crippen molar-refractivity contribution in [3.63, 3.8) is 0 Å². The molecule has 0 aromatic rings. The summed E-state index contributed by atoms with van der Waals surface area (Å²) in [4.78, 5) is 0. The highest BCUT2D eigenvalue weighted by Crippen LogP contribution is 2.23. The van der Waals surface area contributed by atoms with Crippen LogP contribution in [0, 0.1) is 11.8 Å². The maximum Gasteiger partial charge on any atom is -0.00169 e. The van der Waals surface area contributed by atoms with Crippen molar-refractivity contribution in [2.75, 3.05) is 26.2 Å². The van der Waals surface area contributed by atoms with E-state index in [1.54, 1.807) is 0 Å². The summed E-state index contributed by atoms with van der Waals surface area (Å²) in [5, 5.41) is 6.91. The molecule has 2 rings (SSSR count). The Labute approximate surface area is 62.4 Å². The highest BCUT2D eigenvalue weighted by atomic mass is 14.9. The first kappa shape index (κ1) is 6.62. The van der Waals surface area contributed by atoms with Crippen molar-refractivity contribution in [2.45, 2.75) is 12.8 Å². The van der Waals surface area contributed by atoms with E-state index in [9.17, 15) is 0 Å². The molecule has 0 aromatic carbocycles. The van der Waals surface area contributed by atoms with Gasteiger partial charge in [0.2, 0.25) is 0 Å². The summed E-state index contributed by atoms with van der Waals surface area (Å²) in [6, 6.07) is 0. The molecule has 10 heavy (non-hydrogen) atoms. The molecule has 0 aromatic heterocycles. The minimum Gasteiger partial charge on any atom is -0.316 e. The first-order valence-electron chi connectivity index (χ1n) is 4.38. The molecule has 2 N–H and O–H groups in total. The van der Waals surface area contributed by atoms with Crippen LogP contribution in [0.1, 0.15) is 12.8 Å². The molecule has 0 aliphatic carbocycles. The lowest BCUT2D eigenvalue weighted by Gasteiger charge is -2.36. The number of hydrogen-bond acceptors (Lipinski definition) is 2. The maximum atomic E-state index is 3.46. The van der Waals surface area contributed by atoms with Crippen LogP contribution in [0.3, 0.4) is 0 Å². The Morgan fingerprint density at radius 1 is 0.800 bits per heavy atom. The molecule has 0 amide bonds. The average molecular weight is 140 g/mol. The van der Waals surface area contributed by atoms with Crippen LogP contribution in [-0.4, -0.2) is 26.2 Å². The highest BCUT2D eigenvalue weighted by molar-refractivity contribution is 4.83. The van der Waals surface area contributed by atoms with Gasteiger partial charge in [-0.15, -0.1) is 0 Å². The van der Waals surface area contributed by atoms with Gasteiger partial charge in [0.05, 0.1) is 0 Å². The van der Waals surface area contributed by atoms with Gasteiger partial charge < -0.3 is 10.6 Å². The zero-order valence-corrected chi connectivity index (χ0v) is 6.40. The Hall–Kier alpha value is -0.0800. The molecule has 0 saturated carbocycles. The van der Waals surface area contributed by atoms with Crippen LogP contribution in [0.4, 0.5) is 0 Å². The summed E-state index contributed by atoms with van der Waals surface area (Å²) in [6.07, 6.45) is 2.77. The second kappa shape index (κ2) is 2.89. The van der Waals surface area contributed by atoms with Gasteiger partial charge in [-0.3, -0.25) is 0 Å². The third-order valence-corrected chi connectivity index (χ3v) is 2.86. The van der Waals surface area contributed by atoms with Crippen molar-refractivity contribution in [2.24, 2.45) is 11.8 Å². The Morgan fingerprint density at radius 3 is 1.80 bits per heavy atom. The first-order chi connectivity index (χ1) is 4.97. The molecule has 2 fully saturated rings. The Morgan fingerprint density at radius 2 is 1.30 bits per heavy atom. The van der Waals surface area contributed by atoms with E-state index in [2.05, 4.69) is 10.6 Å². The second-order valence-electron chi connectivity index (χ2n) is 3.51. The molecule has 0 radical (unpaired) electrons. The summed E-state index contributed by atoms with van der Waals surface area (Å²) in [7, 11) is 0. The van der Waals surface area contributed by atoms with E-state index >= 15 is 0 Å². The molecular formula is C8H16N2. The van der Waals surface area contributed by atoms with Gasteiger partial charge in [0, 0.05) is 0 Å². The molecule has 2 aliphatic rings. The van der Waals surface area contributed by atoms with Crippen molar-refractivity contribution in [1.29, 1.82) is 0 Å². The Kier molecular flexibility index (Phi) is 1.91. The van der Waals surface area contributed by atoms with E-state index in [-0.39, 0.29) is 0 Å². The third kappa shape index (κ3) is 1.18. The van der Waals surface area contributed by atoms with Crippen molar-refractivity contribution < 1.29 is 0 Å². The molecule has 2 saturated heterocycles. The molecule has 58 valence electrons. The predicted octanol–water partition coefficient (Wildman–Crippen LogP) is 0.205. The number of piperidine rings is 2. The Bertz CT molecular complexity index is 87.8. The van der Waals surface area contributed by atoms with Crippen LogP contribution in [0.5, 0.6) is 0 Å². The molecule has 2 atom stereocenters. The van der Waals surface area contributed by atoms with Gasteiger partial charge in [0.1, 0.15) is 0 Å². The molecular weight excluding hydrogens is 124 g/mol. The topological polar surface area (TPSA) is 24.1 Å². The van der Waals surface area contributed by atoms with Crippen molar-refractivity contribution in [1.82, 2.24) is 10.6 Å². The standard InChI is InChI=1S/C8H16N2/c1-3-9-6-8-2-4-10-5-7(1)8/h7-10H,1-6H2/t7-,8-/m1/s1. The quantitative estimate of drug-likeness (QED) is 0.502. The summed E-state index contributed by atoms with van der Waals surface area (Å²) in [6.45, 7) is 5.02. The van der Waals surface area contributed by atoms with Crippen molar-refractivity contribution in [3.8, 4) is 0 Å². The zero-order valence-electron chi connectivity index (χ0n) is 6.40. The van der Waals surface area contributed by atoms with Gasteiger partial charge in [0.15, 0.2) is 0 Å². The van der Waals surface area contributed by atoms with E-state index in [0.29, 0.717) is 0 Å². The van der Waals surface area contributed by atoms with Crippen LogP contribution in [0.2, 0.25) is 0 Å². The SMILES string of the molecule is C1C[C@@H]2CNCC[C@@H]2CN1. The van der Waals surface area contributed by atoms with Crippen LogP contribution in [-0.2, 0) is 0 Å². The molecule has 2 nitrogen and oxygen atoms in total. The number of hydrogen-bond donors (Lipinski definition) is 2. The minimum atomic E-state index is 0.981. The molecule has 2 heteroatoms.